The predicted molar refractivity (Wildman–Crippen MR) is 87.6 cm³/mol. The Morgan fingerprint density at radius 3 is 2.95 bits per heavy atom. The number of nitrogens with one attached hydrogen (secondary N) is 1. The molecule has 0 aliphatic heterocycles. The van der Waals surface area contributed by atoms with Crippen LogP contribution in [0.3, 0.4) is 0 Å². The molecule has 2 aromatic rings. The van der Waals surface area contributed by atoms with Gasteiger partial charge >= 0.3 is 0 Å². The first-order valence-electron chi connectivity index (χ1n) is 6.64. The molecule has 112 valence electrons. The van der Waals surface area contributed by atoms with Crippen molar-refractivity contribution in [1.82, 2.24) is 10.3 Å². The lowest BCUT2D eigenvalue weighted by molar-refractivity contribution is -0.120. The number of thioether (sulfide) groups is 1. The highest BCUT2D eigenvalue weighted by molar-refractivity contribution is 8.00. The Morgan fingerprint density at radius 1 is 1.45 bits per heavy atom. The third-order valence-electron chi connectivity index (χ3n) is 2.94. The molecule has 1 aromatic heterocycles. The van der Waals surface area contributed by atoms with Crippen LogP contribution in [0.2, 0.25) is 5.02 Å². The van der Waals surface area contributed by atoms with Crippen LogP contribution in [0.25, 0.3) is 0 Å². The minimum absolute atomic E-state index is 0.103. The molecule has 1 amide bonds. The fourth-order valence-corrected chi connectivity index (χ4v) is 2.82. The van der Waals surface area contributed by atoms with Gasteiger partial charge in [-0.15, -0.1) is 0 Å². The largest absolute Gasteiger partial charge is 0.351 e. The first kappa shape index (κ1) is 16.3. The molecule has 0 aliphatic carbocycles. The van der Waals surface area contributed by atoms with Gasteiger partial charge in [-0.05, 0) is 30.7 Å². The first-order chi connectivity index (χ1) is 10.6. The first-order valence-corrected chi connectivity index (χ1v) is 7.90. The lowest BCUT2D eigenvalue weighted by atomic mass is 10.2. The monoisotopic (exact) mass is 331 g/mol. The zero-order valence-electron chi connectivity index (χ0n) is 11.9. The van der Waals surface area contributed by atoms with Crippen LogP contribution in [-0.4, -0.2) is 16.1 Å². The maximum atomic E-state index is 12.1. The average molecular weight is 332 g/mol. The summed E-state index contributed by atoms with van der Waals surface area (Å²) >= 11 is 7.37. The van der Waals surface area contributed by atoms with E-state index in [1.165, 1.54) is 11.8 Å². The summed E-state index contributed by atoms with van der Waals surface area (Å²) < 4.78 is 0. The van der Waals surface area contributed by atoms with Gasteiger partial charge in [0, 0.05) is 17.8 Å². The van der Waals surface area contributed by atoms with Crippen LogP contribution < -0.4 is 5.32 Å². The Balaban J connectivity index is 1.92. The minimum atomic E-state index is -0.316. The highest BCUT2D eigenvalue weighted by atomic mass is 35.5. The lowest BCUT2D eigenvalue weighted by Gasteiger charge is -2.12. The summed E-state index contributed by atoms with van der Waals surface area (Å²) in [5.41, 5.74) is 1.40. The minimum Gasteiger partial charge on any atom is -0.351 e. The fourth-order valence-electron chi connectivity index (χ4n) is 1.75. The Kier molecular flexibility index (Phi) is 5.82. The molecule has 0 aliphatic rings. The Bertz CT molecular complexity index is 715. The number of rotatable bonds is 5. The van der Waals surface area contributed by atoms with Crippen LogP contribution in [0.1, 0.15) is 18.1 Å². The molecule has 0 spiro atoms. The molecule has 0 bridgehead atoms. The van der Waals surface area contributed by atoms with Crippen molar-refractivity contribution in [3.63, 3.8) is 0 Å². The van der Waals surface area contributed by atoms with Crippen LogP contribution in [0.4, 0.5) is 0 Å². The molecule has 1 atom stereocenters. The average Bonchev–Trinajstić information content (AvgIpc) is 2.54. The summed E-state index contributed by atoms with van der Waals surface area (Å²) in [5.74, 6) is -0.103. The highest BCUT2D eigenvalue weighted by Crippen LogP contribution is 2.22. The van der Waals surface area contributed by atoms with E-state index in [0.717, 1.165) is 5.56 Å². The van der Waals surface area contributed by atoms with E-state index in [1.807, 2.05) is 18.2 Å². The number of carbonyl (C=O) groups excluding carboxylic acids is 1. The van der Waals surface area contributed by atoms with E-state index in [-0.39, 0.29) is 11.2 Å². The number of nitriles is 1. The van der Waals surface area contributed by atoms with Gasteiger partial charge in [-0.1, -0.05) is 41.6 Å². The van der Waals surface area contributed by atoms with Gasteiger partial charge in [-0.3, -0.25) is 4.79 Å². The van der Waals surface area contributed by atoms with Gasteiger partial charge in [-0.2, -0.15) is 5.26 Å². The summed E-state index contributed by atoms with van der Waals surface area (Å²) in [6, 6.07) is 12.7. The number of benzene rings is 1. The molecule has 1 N–H and O–H groups in total. The van der Waals surface area contributed by atoms with E-state index in [9.17, 15) is 4.79 Å². The normalized spacial score (nSPS) is 11.5. The molecule has 22 heavy (non-hydrogen) atoms. The topological polar surface area (TPSA) is 65.8 Å². The third-order valence-corrected chi connectivity index (χ3v) is 4.34. The standard InChI is InChI=1S/C16H14ClN3OS/c1-11(22-15-8-12(9-18)6-7-19-15)16(21)20-10-13-4-2-3-5-14(13)17/h2-8,11H,10H2,1H3,(H,20,21). The molecule has 0 radical (unpaired) electrons. The molecule has 1 aromatic carbocycles. The van der Waals surface area contributed by atoms with Crippen molar-refractivity contribution in [1.29, 1.82) is 5.26 Å². The van der Waals surface area contributed by atoms with E-state index in [2.05, 4.69) is 16.4 Å². The summed E-state index contributed by atoms with van der Waals surface area (Å²) in [6.45, 7) is 2.18. The quantitative estimate of drug-likeness (QED) is 0.853. The van der Waals surface area contributed by atoms with E-state index >= 15 is 0 Å². The van der Waals surface area contributed by atoms with Crippen molar-refractivity contribution in [2.24, 2.45) is 0 Å². The van der Waals surface area contributed by atoms with Gasteiger partial charge in [0.1, 0.15) is 0 Å². The second kappa shape index (κ2) is 7.83. The van der Waals surface area contributed by atoms with Crippen LogP contribution in [0.5, 0.6) is 0 Å². The molecule has 0 fully saturated rings. The Hall–Kier alpha value is -2.03. The van der Waals surface area contributed by atoms with Crippen molar-refractivity contribution in [3.8, 4) is 6.07 Å². The van der Waals surface area contributed by atoms with Crippen LogP contribution in [0.15, 0.2) is 47.6 Å². The summed E-state index contributed by atoms with van der Waals surface area (Å²) in [7, 11) is 0. The number of aromatic nitrogens is 1. The molecule has 6 heteroatoms. The summed E-state index contributed by atoms with van der Waals surface area (Å²) in [4.78, 5) is 16.3. The molecule has 1 heterocycles. The second-order valence-electron chi connectivity index (χ2n) is 4.56. The van der Waals surface area contributed by atoms with Gasteiger partial charge in [0.25, 0.3) is 0 Å². The van der Waals surface area contributed by atoms with Crippen molar-refractivity contribution in [3.05, 3.63) is 58.7 Å². The van der Waals surface area contributed by atoms with Gasteiger partial charge in [0.15, 0.2) is 0 Å². The maximum absolute atomic E-state index is 12.1. The van der Waals surface area contributed by atoms with Gasteiger partial charge in [0.05, 0.1) is 21.9 Å². The van der Waals surface area contributed by atoms with Crippen molar-refractivity contribution < 1.29 is 4.79 Å². The summed E-state index contributed by atoms with van der Waals surface area (Å²) in [6.07, 6.45) is 1.56. The maximum Gasteiger partial charge on any atom is 0.233 e. The number of halogens is 1. The second-order valence-corrected chi connectivity index (χ2v) is 6.33. The molecule has 0 saturated heterocycles. The van der Waals surface area contributed by atoms with Gasteiger partial charge in [-0.25, -0.2) is 4.98 Å². The van der Waals surface area contributed by atoms with Gasteiger partial charge < -0.3 is 5.32 Å². The predicted octanol–water partition coefficient (Wildman–Crippen LogP) is 3.40. The molecule has 0 saturated carbocycles. The summed E-state index contributed by atoms with van der Waals surface area (Å²) in [5, 5.41) is 12.7. The molecule has 1 unspecified atom stereocenters. The molecule has 4 nitrogen and oxygen atoms in total. The van der Waals surface area contributed by atoms with Crippen LogP contribution >= 0.6 is 23.4 Å². The van der Waals surface area contributed by atoms with Gasteiger partial charge in [0.2, 0.25) is 5.91 Å². The van der Waals surface area contributed by atoms with Crippen LogP contribution in [0, 0.1) is 11.3 Å². The number of carbonyl (C=O) groups is 1. The number of nitrogens with zero attached hydrogens (tertiary/aromatic N) is 2. The molecule has 2 rings (SSSR count). The van der Waals surface area contributed by atoms with Crippen LogP contribution in [-0.2, 0) is 11.3 Å². The lowest BCUT2D eigenvalue weighted by Crippen LogP contribution is -2.30. The van der Waals surface area contributed by atoms with E-state index < -0.39 is 0 Å². The highest BCUT2D eigenvalue weighted by Gasteiger charge is 2.15. The Morgan fingerprint density at radius 2 is 2.23 bits per heavy atom. The molecular weight excluding hydrogens is 318 g/mol. The number of amides is 1. The van der Waals surface area contributed by atoms with Crippen molar-refractivity contribution >= 4 is 29.3 Å². The fraction of sp³-hybridized carbons (Fsp3) is 0.188. The molecular formula is C16H14ClN3OS. The smallest absolute Gasteiger partial charge is 0.233 e. The van der Waals surface area contributed by atoms with Crippen molar-refractivity contribution in [2.75, 3.05) is 0 Å². The van der Waals surface area contributed by atoms with E-state index in [1.54, 1.807) is 31.3 Å². The Labute approximate surface area is 138 Å². The number of pyridine rings is 1. The number of hydrogen-bond donors (Lipinski definition) is 1. The number of hydrogen-bond acceptors (Lipinski definition) is 4. The third kappa shape index (κ3) is 4.48. The van der Waals surface area contributed by atoms with E-state index in [4.69, 9.17) is 16.9 Å². The zero-order valence-corrected chi connectivity index (χ0v) is 13.5. The SMILES string of the molecule is CC(Sc1cc(C#N)ccn1)C(=O)NCc1ccccc1Cl. The van der Waals surface area contributed by atoms with E-state index in [0.29, 0.717) is 22.2 Å². The zero-order chi connectivity index (χ0) is 15.9. The van der Waals surface area contributed by atoms with Crippen molar-refractivity contribution in [2.45, 2.75) is 23.7 Å².